The lowest BCUT2D eigenvalue weighted by atomic mass is 10.0. The van der Waals surface area contributed by atoms with E-state index >= 15 is 0 Å². The van der Waals surface area contributed by atoms with Crippen LogP contribution in [0.5, 0.6) is 0 Å². The van der Waals surface area contributed by atoms with Crippen molar-refractivity contribution in [1.82, 2.24) is 9.80 Å². The van der Waals surface area contributed by atoms with E-state index in [1.54, 1.807) is 0 Å². The fourth-order valence-electron chi connectivity index (χ4n) is 2.51. The van der Waals surface area contributed by atoms with Crippen LogP contribution in [0.1, 0.15) is 40.0 Å². The van der Waals surface area contributed by atoms with Gasteiger partial charge in [0.15, 0.2) is 0 Å². The summed E-state index contributed by atoms with van der Waals surface area (Å²) in [5.74, 6) is 1.06. The van der Waals surface area contributed by atoms with Crippen molar-refractivity contribution in [3.8, 4) is 0 Å². The molecular formula is C14H27N3OS. The Hall–Kier alpha value is -0.840. The Labute approximate surface area is 122 Å². The summed E-state index contributed by atoms with van der Waals surface area (Å²) in [5.41, 5.74) is 5.55. The number of nitrogens with two attached hydrogens (primary N) is 1. The molecule has 1 unspecified atom stereocenters. The summed E-state index contributed by atoms with van der Waals surface area (Å²) in [4.78, 5) is 16.9. The van der Waals surface area contributed by atoms with E-state index in [1.165, 1.54) is 6.42 Å². The van der Waals surface area contributed by atoms with Gasteiger partial charge in [-0.25, -0.2) is 4.79 Å². The summed E-state index contributed by atoms with van der Waals surface area (Å²) < 4.78 is 0. The Morgan fingerprint density at radius 1 is 1.53 bits per heavy atom. The van der Waals surface area contributed by atoms with E-state index in [0.29, 0.717) is 29.8 Å². The molecule has 0 aliphatic carbocycles. The second kappa shape index (κ2) is 7.68. The Morgan fingerprint density at radius 2 is 2.21 bits per heavy atom. The van der Waals surface area contributed by atoms with E-state index in [2.05, 4.69) is 20.8 Å². The maximum Gasteiger partial charge on any atom is 0.320 e. The predicted molar refractivity (Wildman–Crippen MR) is 83.2 cm³/mol. The molecule has 1 atom stereocenters. The normalized spacial score (nSPS) is 19.6. The number of nitrogens with zero attached hydrogens (tertiary/aromatic N) is 2. The first-order valence-electron chi connectivity index (χ1n) is 7.22. The van der Waals surface area contributed by atoms with Crippen LogP contribution >= 0.6 is 12.2 Å². The van der Waals surface area contributed by atoms with Gasteiger partial charge in [0.2, 0.25) is 0 Å². The summed E-state index contributed by atoms with van der Waals surface area (Å²) >= 11 is 4.92. The van der Waals surface area contributed by atoms with E-state index in [-0.39, 0.29) is 6.03 Å². The number of amides is 2. The highest BCUT2D eigenvalue weighted by Gasteiger charge is 2.25. The topological polar surface area (TPSA) is 49.6 Å². The van der Waals surface area contributed by atoms with Crippen molar-refractivity contribution in [2.75, 3.05) is 26.2 Å². The summed E-state index contributed by atoms with van der Waals surface area (Å²) in [6, 6.07) is 0.150. The lowest BCUT2D eigenvalue weighted by Crippen LogP contribution is -2.48. The number of hydrogen-bond acceptors (Lipinski definition) is 2. The molecule has 0 aromatic rings. The molecule has 0 saturated carbocycles. The molecule has 5 heteroatoms. The highest BCUT2D eigenvalue weighted by Crippen LogP contribution is 2.17. The van der Waals surface area contributed by atoms with E-state index in [9.17, 15) is 4.79 Å². The number of likely N-dealkylation sites (tertiary alicyclic amines) is 1. The quantitative estimate of drug-likeness (QED) is 0.790. The van der Waals surface area contributed by atoms with Gasteiger partial charge < -0.3 is 15.5 Å². The minimum atomic E-state index is 0.150. The van der Waals surface area contributed by atoms with Gasteiger partial charge in [-0.3, -0.25) is 0 Å². The minimum absolute atomic E-state index is 0.150. The molecule has 2 N–H and O–H groups in total. The summed E-state index contributed by atoms with van der Waals surface area (Å²) in [6.45, 7) is 9.62. The van der Waals surface area contributed by atoms with Crippen LogP contribution in [0.4, 0.5) is 4.79 Å². The average Bonchev–Trinajstić information content (AvgIpc) is 2.33. The Morgan fingerprint density at radius 3 is 2.74 bits per heavy atom. The molecule has 19 heavy (non-hydrogen) atoms. The summed E-state index contributed by atoms with van der Waals surface area (Å²) in [6.07, 6.45) is 2.94. The molecule has 0 aromatic heterocycles. The fourth-order valence-corrected chi connectivity index (χ4v) is 2.61. The molecule has 4 nitrogen and oxygen atoms in total. The lowest BCUT2D eigenvalue weighted by molar-refractivity contribution is 0.127. The van der Waals surface area contributed by atoms with Crippen LogP contribution in [-0.2, 0) is 0 Å². The molecule has 1 aliphatic rings. The van der Waals surface area contributed by atoms with Crippen molar-refractivity contribution >= 4 is 23.2 Å². The monoisotopic (exact) mass is 285 g/mol. The van der Waals surface area contributed by atoms with Crippen molar-refractivity contribution in [2.45, 2.75) is 40.0 Å². The molecule has 1 heterocycles. The molecule has 0 aromatic carbocycles. The molecule has 1 fully saturated rings. The maximum atomic E-state index is 12.6. The van der Waals surface area contributed by atoms with Gasteiger partial charge in [-0.15, -0.1) is 0 Å². The van der Waals surface area contributed by atoms with Gasteiger partial charge in [0, 0.05) is 32.6 Å². The molecule has 0 radical (unpaired) electrons. The third-order valence-corrected chi connectivity index (χ3v) is 3.62. The number of carbonyl (C=O) groups is 1. The van der Waals surface area contributed by atoms with E-state index in [0.717, 1.165) is 26.1 Å². The number of thiocarbonyl (C=S) groups is 1. The zero-order valence-corrected chi connectivity index (χ0v) is 13.2. The molecule has 0 bridgehead atoms. The maximum absolute atomic E-state index is 12.6. The standard InChI is InChI=1S/C14H27N3OS/c1-11(2)9-17(8-6-13(15)19)14(18)16-7-4-5-12(3)10-16/h11-12H,4-10H2,1-3H3,(H2,15,19). The lowest BCUT2D eigenvalue weighted by Gasteiger charge is -2.36. The number of urea groups is 1. The van der Waals surface area contributed by atoms with E-state index < -0.39 is 0 Å². The number of rotatable bonds is 5. The van der Waals surface area contributed by atoms with Gasteiger partial charge in [-0.1, -0.05) is 33.0 Å². The van der Waals surface area contributed by atoms with Crippen molar-refractivity contribution in [1.29, 1.82) is 0 Å². The molecule has 0 spiro atoms. The van der Waals surface area contributed by atoms with Crippen LogP contribution in [0.3, 0.4) is 0 Å². The van der Waals surface area contributed by atoms with Gasteiger partial charge >= 0.3 is 6.03 Å². The number of hydrogen-bond donors (Lipinski definition) is 1. The second-order valence-corrected chi connectivity index (χ2v) is 6.56. The number of carbonyl (C=O) groups excluding carboxylic acids is 1. The van der Waals surface area contributed by atoms with Gasteiger partial charge in [0.1, 0.15) is 0 Å². The molecule has 1 aliphatic heterocycles. The van der Waals surface area contributed by atoms with Crippen LogP contribution in [0.25, 0.3) is 0 Å². The highest BCUT2D eigenvalue weighted by molar-refractivity contribution is 7.80. The SMILES string of the molecule is CC(C)CN(CCC(N)=S)C(=O)N1CCCC(C)C1. The first-order chi connectivity index (χ1) is 8.90. The predicted octanol–water partition coefficient (Wildman–Crippen LogP) is 2.47. The van der Waals surface area contributed by atoms with Crippen molar-refractivity contribution in [2.24, 2.45) is 17.6 Å². The first kappa shape index (κ1) is 16.2. The Balaban J connectivity index is 2.61. The second-order valence-electron chi connectivity index (χ2n) is 6.03. The van der Waals surface area contributed by atoms with Crippen molar-refractivity contribution in [3.05, 3.63) is 0 Å². The Bertz CT molecular complexity index is 320. The molecule has 2 amide bonds. The zero-order valence-electron chi connectivity index (χ0n) is 12.4. The average molecular weight is 285 g/mol. The van der Waals surface area contributed by atoms with Crippen molar-refractivity contribution in [3.63, 3.8) is 0 Å². The molecule has 110 valence electrons. The van der Waals surface area contributed by atoms with Crippen LogP contribution in [0.15, 0.2) is 0 Å². The van der Waals surface area contributed by atoms with Crippen LogP contribution < -0.4 is 5.73 Å². The summed E-state index contributed by atoms with van der Waals surface area (Å²) in [7, 11) is 0. The smallest absolute Gasteiger partial charge is 0.320 e. The Kier molecular flexibility index (Phi) is 6.55. The first-order valence-corrected chi connectivity index (χ1v) is 7.63. The van der Waals surface area contributed by atoms with Crippen LogP contribution in [-0.4, -0.2) is 47.0 Å². The van der Waals surface area contributed by atoms with E-state index in [1.807, 2.05) is 9.80 Å². The van der Waals surface area contributed by atoms with Gasteiger partial charge in [0.05, 0.1) is 4.99 Å². The van der Waals surface area contributed by atoms with E-state index in [4.69, 9.17) is 18.0 Å². The van der Waals surface area contributed by atoms with Gasteiger partial charge in [-0.2, -0.15) is 0 Å². The highest BCUT2D eigenvalue weighted by atomic mass is 32.1. The van der Waals surface area contributed by atoms with Gasteiger partial charge in [0.25, 0.3) is 0 Å². The molecule has 1 saturated heterocycles. The number of piperidine rings is 1. The van der Waals surface area contributed by atoms with Crippen LogP contribution in [0, 0.1) is 11.8 Å². The molecular weight excluding hydrogens is 258 g/mol. The fraction of sp³-hybridized carbons (Fsp3) is 0.857. The summed E-state index contributed by atoms with van der Waals surface area (Å²) in [5, 5.41) is 0. The largest absolute Gasteiger partial charge is 0.393 e. The minimum Gasteiger partial charge on any atom is -0.393 e. The third kappa shape index (κ3) is 5.76. The van der Waals surface area contributed by atoms with Gasteiger partial charge in [-0.05, 0) is 24.7 Å². The zero-order chi connectivity index (χ0) is 14.4. The molecule has 1 rings (SSSR count). The third-order valence-electron chi connectivity index (χ3n) is 3.41. The van der Waals surface area contributed by atoms with Crippen LogP contribution in [0.2, 0.25) is 0 Å². The van der Waals surface area contributed by atoms with Crippen molar-refractivity contribution < 1.29 is 4.79 Å².